The molecule has 19 heavy (non-hydrogen) atoms. The Morgan fingerprint density at radius 1 is 1.05 bits per heavy atom. The lowest BCUT2D eigenvalue weighted by atomic mass is 10.0. The van der Waals surface area contributed by atoms with Crippen LogP contribution in [-0.2, 0) is 9.59 Å². The van der Waals surface area contributed by atoms with Crippen molar-refractivity contribution in [1.29, 1.82) is 0 Å². The molecule has 1 atom stereocenters. The maximum Gasteiger partial charge on any atom is 0.230 e. The molecule has 0 aliphatic carbocycles. The standard InChI is InChI=1S/C13H16O6/c1-7(14)11(15)12(16)8-5-9(17-2)13(19-4)10(6-8)18-3/h5-6,12,16H,1-4H3. The maximum atomic E-state index is 11.5. The van der Waals surface area contributed by atoms with Crippen molar-refractivity contribution in [3.8, 4) is 17.2 Å². The highest BCUT2D eigenvalue weighted by atomic mass is 16.5. The molecule has 1 N–H and O–H groups in total. The van der Waals surface area contributed by atoms with E-state index in [1.54, 1.807) is 0 Å². The first-order chi connectivity index (χ1) is 8.96. The number of aliphatic hydroxyl groups is 1. The number of ether oxygens (including phenoxy) is 3. The Hall–Kier alpha value is -2.08. The molecule has 6 heteroatoms. The molecule has 0 aliphatic heterocycles. The zero-order chi connectivity index (χ0) is 14.6. The van der Waals surface area contributed by atoms with Gasteiger partial charge in [0.2, 0.25) is 11.5 Å². The minimum Gasteiger partial charge on any atom is -0.493 e. The summed E-state index contributed by atoms with van der Waals surface area (Å²) in [5, 5.41) is 9.84. The average Bonchev–Trinajstić information content (AvgIpc) is 2.43. The van der Waals surface area contributed by atoms with E-state index in [0.29, 0.717) is 17.2 Å². The summed E-state index contributed by atoms with van der Waals surface area (Å²) in [5.74, 6) is -0.675. The van der Waals surface area contributed by atoms with Gasteiger partial charge in [-0.3, -0.25) is 9.59 Å². The fraction of sp³-hybridized carbons (Fsp3) is 0.385. The summed E-state index contributed by atoms with van der Waals surface area (Å²) in [7, 11) is 4.28. The Morgan fingerprint density at radius 3 is 1.84 bits per heavy atom. The van der Waals surface area contributed by atoms with Crippen molar-refractivity contribution in [3.63, 3.8) is 0 Å². The van der Waals surface area contributed by atoms with Crippen molar-refractivity contribution in [2.45, 2.75) is 13.0 Å². The van der Waals surface area contributed by atoms with Crippen LogP contribution in [0.3, 0.4) is 0 Å². The van der Waals surface area contributed by atoms with E-state index in [9.17, 15) is 14.7 Å². The van der Waals surface area contributed by atoms with E-state index in [2.05, 4.69) is 0 Å². The lowest BCUT2D eigenvalue weighted by molar-refractivity contribution is -0.140. The van der Waals surface area contributed by atoms with Crippen LogP contribution in [0.2, 0.25) is 0 Å². The van der Waals surface area contributed by atoms with Crippen LogP contribution in [0.25, 0.3) is 0 Å². The third kappa shape index (κ3) is 3.03. The molecule has 0 aromatic heterocycles. The molecule has 0 amide bonds. The van der Waals surface area contributed by atoms with Crippen LogP contribution in [0.5, 0.6) is 17.2 Å². The summed E-state index contributed by atoms with van der Waals surface area (Å²) >= 11 is 0. The van der Waals surface area contributed by atoms with Crippen molar-refractivity contribution in [1.82, 2.24) is 0 Å². The molecule has 0 saturated heterocycles. The van der Waals surface area contributed by atoms with Gasteiger partial charge >= 0.3 is 0 Å². The summed E-state index contributed by atoms with van der Waals surface area (Å²) in [5.41, 5.74) is 0.203. The first-order valence-corrected chi connectivity index (χ1v) is 5.49. The molecule has 1 rings (SSSR count). The molecular weight excluding hydrogens is 252 g/mol. The van der Waals surface area contributed by atoms with E-state index in [0.717, 1.165) is 6.92 Å². The fourth-order valence-corrected chi connectivity index (χ4v) is 1.60. The SMILES string of the molecule is COc1cc(C(O)C(=O)C(C)=O)cc(OC)c1OC. The topological polar surface area (TPSA) is 82.1 Å². The average molecular weight is 268 g/mol. The van der Waals surface area contributed by atoms with Gasteiger partial charge in [-0.2, -0.15) is 0 Å². The van der Waals surface area contributed by atoms with Gasteiger partial charge < -0.3 is 19.3 Å². The van der Waals surface area contributed by atoms with Gasteiger partial charge in [0, 0.05) is 6.92 Å². The number of Topliss-reactive ketones (excluding diaryl/α,β-unsaturated/α-hetero) is 2. The second kappa shape index (κ2) is 6.19. The van der Waals surface area contributed by atoms with E-state index >= 15 is 0 Å². The molecule has 0 bridgehead atoms. The minimum absolute atomic E-state index is 0.203. The first-order valence-electron chi connectivity index (χ1n) is 5.49. The summed E-state index contributed by atoms with van der Waals surface area (Å²) in [6, 6.07) is 2.85. The van der Waals surface area contributed by atoms with Gasteiger partial charge in [-0.15, -0.1) is 0 Å². The van der Waals surface area contributed by atoms with Crippen LogP contribution in [-0.4, -0.2) is 38.0 Å². The van der Waals surface area contributed by atoms with Crippen LogP contribution in [0.4, 0.5) is 0 Å². The van der Waals surface area contributed by atoms with Gasteiger partial charge in [-0.25, -0.2) is 0 Å². The van der Waals surface area contributed by atoms with Gasteiger partial charge in [0.05, 0.1) is 21.3 Å². The molecule has 0 spiro atoms. The van der Waals surface area contributed by atoms with Crippen LogP contribution >= 0.6 is 0 Å². The maximum absolute atomic E-state index is 11.5. The highest BCUT2D eigenvalue weighted by Crippen LogP contribution is 2.39. The summed E-state index contributed by atoms with van der Waals surface area (Å²) in [6.07, 6.45) is -1.55. The number of aliphatic hydroxyl groups excluding tert-OH is 1. The third-order valence-corrected chi connectivity index (χ3v) is 2.60. The first kappa shape index (κ1) is 15.0. The molecule has 0 fully saturated rings. The number of hydrogen-bond donors (Lipinski definition) is 1. The molecule has 0 radical (unpaired) electrons. The number of rotatable bonds is 6. The van der Waals surface area contributed by atoms with Crippen LogP contribution < -0.4 is 14.2 Å². The second-order valence-corrected chi connectivity index (χ2v) is 3.78. The highest BCUT2D eigenvalue weighted by Gasteiger charge is 2.24. The number of carbonyl (C=O) groups is 2. The van der Waals surface area contributed by atoms with Gasteiger partial charge in [0.15, 0.2) is 17.3 Å². The number of hydrogen-bond acceptors (Lipinski definition) is 6. The Labute approximate surface area is 110 Å². The summed E-state index contributed by atoms with van der Waals surface area (Å²) < 4.78 is 15.3. The van der Waals surface area contributed by atoms with Crippen molar-refractivity contribution >= 4 is 11.6 Å². The fourth-order valence-electron chi connectivity index (χ4n) is 1.60. The van der Waals surface area contributed by atoms with Crippen molar-refractivity contribution in [2.24, 2.45) is 0 Å². The largest absolute Gasteiger partial charge is 0.493 e. The molecule has 0 heterocycles. The molecule has 6 nitrogen and oxygen atoms in total. The lowest BCUT2D eigenvalue weighted by Gasteiger charge is -2.16. The Balaban J connectivity index is 3.30. The molecule has 1 unspecified atom stereocenters. The van der Waals surface area contributed by atoms with E-state index in [1.165, 1.54) is 33.5 Å². The van der Waals surface area contributed by atoms with E-state index in [4.69, 9.17) is 14.2 Å². The summed E-state index contributed by atoms with van der Waals surface area (Å²) in [6.45, 7) is 1.10. The Kier molecular flexibility index (Phi) is 4.88. The zero-order valence-corrected chi connectivity index (χ0v) is 11.2. The van der Waals surface area contributed by atoms with E-state index in [1.807, 2.05) is 0 Å². The quantitative estimate of drug-likeness (QED) is 0.772. The Morgan fingerprint density at radius 2 is 1.53 bits per heavy atom. The van der Waals surface area contributed by atoms with Crippen LogP contribution in [0.1, 0.15) is 18.6 Å². The molecular formula is C13H16O6. The highest BCUT2D eigenvalue weighted by molar-refractivity contribution is 6.37. The zero-order valence-electron chi connectivity index (χ0n) is 11.2. The monoisotopic (exact) mass is 268 g/mol. The smallest absolute Gasteiger partial charge is 0.230 e. The van der Waals surface area contributed by atoms with Crippen LogP contribution in [0.15, 0.2) is 12.1 Å². The molecule has 104 valence electrons. The number of ketones is 2. The Bertz CT molecular complexity index is 469. The van der Waals surface area contributed by atoms with Crippen LogP contribution in [0, 0.1) is 0 Å². The third-order valence-electron chi connectivity index (χ3n) is 2.60. The van der Waals surface area contributed by atoms with Crippen molar-refractivity contribution in [2.75, 3.05) is 21.3 Å². The lowest BCUT2D eigenvalue weighted by Crippen LogP contribution is -2.19. The van der Waals surface area contributed by atoms with Crippen molar-refractivity contribution < 1.29 is 28.9 Å². The predicted octanol–water partition coefficient (Wildman–Crippen LogP) is 0.904. The predicted molar refractivity (Wildman–Crippen MR) is 66.7 cm³/mol. The van der Waals surface area contributed by atoms with Crippen molar-refractivity contribution in [3.05, 3.63) is 17.7 Å². The van der Waals surface area contributed by atoms with Gasteiger partial charge in [0.1, 0.15) is 6.10 Å². The van der Waals surface area contributed by atoms with E-state index in [-0.39, 0.29) is 5.56 Å². The number of benzene rings is 1. The van der Waals surface area contributed by atoms with Gasteiger partial charge in [-0.05, 0) is 17.7 Å². The molecule has 1 aromatic carbocycles. The second-order valence-electron chi connectivity index (χ2n) is 3.78. The van der Waals surface area contributed by atoms with E-state index < -0.39 is 17.7 Å². The summed E-state index contributed by atoms with van der Waals surface area (Å²) in [4.78, 5) is 22.5. The number of methoxy groups -OCH3 is 3. The normalized spacial score (nSPS) is 11.6. The molecule has 1 aromatic rings. The minimum atomic E-state index is -1.55. The molecule has 0 saturated carbocycles. The van der Waals surface area contributed by atoms with Gasteiger partial charge in [-0.1, -0.05) is 0 Å². The molecule has 0 aliphatic rings. The number of carbonyl (C=O) groups excluding carboxylic acids is 2. The van der Waals surface area contributed by atoms with Gasteiger partial charge in [0.25, 0.3) is 0 Å².